The molecule has 7 heteroatoms. The summed E-state index contributed by atoms with van der Waals surface area (Å²) in [6.07, 6.45) is 13.2. The fourth-order valence-electron chi connectivity index (χ4n) is 3.72. The molecule has 0 radical (unpaired) electrons. The molecular formula is C29H31FN4O2. The lowest BCUT2D eigenvalue weighted by Gasteiger charge is -2.17. The zero-order chi connectivity index (χ0) is 25.8. The van der Waals surface area contributed by atoms with E-state index in [2.05, 4.69) is 17.0 Å². The number of carbonyl (C=O) groups excluding carboxylic acids is 1. The molecule has 0 bridgehead atoms. The van der Waals surface area contributed by atoms with Gasteiger partial charge in [-0.05, 0) is 49.6 Å². The highest BCUT2D eigenvalue weighted by Gasteiger charge is 2.17. The van der Waals surface area contributed by atoms with Crippen molar-refractivity contribution in [3.63, 3.8) is 0 Å². The number of aldehydes is 1. The summed E-state index contributed by atoms with van der Waals surface area (Å²) in [6, 6.07) is 15.1. The number of allylic oxidation sites excluding steroid dienone is 4. The van der Waals surface area contributed by atoms with Gasteiger partial charge in [0.15, 0.2) is 0 Å². The second kappa shape index (κ2) is 13.6. The van der Waals surface area contributed by atoms with Crippen LogP contribution in [0.15, 0.2) is 108 Å². The van der Waals surface area contributed by atoms with E-state index < -0.39 is 11.4 Å². The van der Waals surface area contributed by atoms with Crippen molar-refractivity contribution in [2.75, 3.05) is 6.54 Å². The van der Waals surface area contributed by atoms with Crippen LogP contribution in [-0.4, -0.2) is 27.2 Å². The van der Waals surface area contributed by atoms with Crippen molar-refractivity contribution < 1.29 is 9.18 Å². The molecular weight excluding hydrogens is 455 g/mol. The Morgan fingerprint density at radius 1 is 1.14 bits per heavy atom. The number of hydrogen-bond acceptors (Lipinski definition) is 4. The summed E-state index contributed by atoms with van der Waals surface area (Å²) in [4.78, 5) is 24.6. The summed E-state index contributed by atoms with van der Waals surface area (Å²) in [7, 11) is 0. The molecule has 1 aromatic carbocycles. The summed E-state index contributed by atoms with van der Waals surface area (Å²) < 4.78 is 17.4. The van der Waals surface area contributed by atoms with E-state index in [1.807, 2.05) is 60.2 Å². The standard InChI is InChI=1S/C29H31FN4O2/c1-3-4-7-12-23(2)31-18-16-24(17-20-35)21-33-19-11-6-5-8-14-27-25(22-33)29(36)34(32-27)28-15-10-9-13-26(28)30/h3-15,19-20,22,24,31H,2,16-18,21H2,1H3/b4-3-,6-5?,12-7-,14-8?,19-11?,25-22?. The Bertz CT molecular complexity index is 1320. The first kappa shape index (κ1) is 26.3. The number of rotatable bonds is 11. The largest absolute Gasteiger partial charge is 0.386 e. The van der Waals surface area contributed by atoms with E-state index in [-0.39, 0.29) is 11.6 Å². The van der Waals surface area contributed by atoms with Gasteiger partial charge in [0, 0.05) is 37.6 Å². The number of hydrogen-bond donors (Lipinski definition) is 1. The molecule has 3 rings (SSSR count). The van der Waals surface area contributed by atoms with Gasteiger partial charge in [-0.1, -0.05) is 55.1 Å². The zero-order valence-electron chi connectivity index (χ0n) is 20.4. The fraction of sp³-hybridized carbons (Fsp3) is 0.207. The second-order valence-corrected chi connectivity index (χ2v) is 8.27. The highest BCUT2D eigenvalue weighted by atomic mass is 19.1. The van der Waals surface area contributed by atoms with Crippen molar-refractivity contribution in [2.24, 2.45) is 5.92 Å². The Morgan fingerprint density at radius 3 is 2.69 bits per heavy atom. The van der Waals surface area contributed by atoms with Crippen LogP contribution in [0.25, 0.3) is 16.9 Å². The monoisotopic (exact) mass is 486 g/mol. The lowest BCUT2D eigenvalue weighted by atomic mass is 10.0. The number of benzene rings is 1. The molecule has 1 atom stereocenters. The van der Waals surface area contributed by atoms with Gasteiger partial charge in [0.25, 0.3) is 5.56 Å². The van der Waals surface area contributed by atoms with Crippen molar-refractivity contribution in [1.29, 1.82) is 0 Å². The van der Waals surface area contributed by atoms with E-state index in [1.54, 1.807) is 30.5 Å². The van der Waals surface area contributed by atoms with Crippen LogP contribution in [0, 0.1) is 11.7 Å². The normalized spacial score (nSPS) is 12.1. The van der Waals surface area contributed by atoms with E-state index in [0.29, 0.717) is 30.8 Å². The Labute approximate surface area is 210 Å². The second-order valence-electron chi connectivity index (χ2n) is 8.27. The van der Waals surface area contributed by atoms with Crippen LogP contribution in [0.2, 0.25) is 0 Å². The zero-order valence-corrected chi connectivity index (χ0v) is 20.4. The Kier molecular flexibility index (Phi) is 9.94. The van der Waals surface area contributed by atoms with Crippen molar-refractivity contribution in [2.45, 2.75) is 26.3 Å². The van der Waals surface area contributed by atoms with E-state index in [1.165, 1.54) is 12.1 Å². The van der Waals surface area contributed by atoms with Crippen LogP contribution in [0.4, 0.5) is 4.39 Å². The van der Waals surface area contributed by atoms with Crippen molar-refractivity contribution in [3.05, 3.63) is 120 Å². The molecule has 1 N–H and O–H groups in total. The van der Waals surface area contributed by atoms with Crippen LogP contribution in [0.5, 0.6) is 0 Å². The maximum atomic E-state index is 14.4. The summed E-state index contributed by atoms with van der Waals surface area (Å²) in [5, 5.41) is 7.64. The molecule has 2 heterocycles. The van der Waals surface area contributed by atoms with Crippen LogP contribution >= 0.6 is 0 Å². The number of nitrogens with one attached hydrogen (secondary N) is 1. The van der Waals surface area contributed by atoms with Crippen LogP contribution in [0.1, 0.15) is 19.8 Å². The molecule has 0 fully saturated rings. The van der Waals surface area contributed by atoms with E-state index in [0.717, 1.165) is 23.1 Å². The SMILES string of the molecule is C=C(/C=C\C=C/C)NCCC(CC=O)Cn1ccccccc2nn(-c3ccccc3F)c(=O)c-2c1. The van der Waals surface area contributed by atoms with E-state index >= 15 is 0 Å². The number of aromatic nitrogens is 3. The van der Waals surface area contributed by atoms with Crippen LogP contribution in [-0.2, 0) is 11.3 Å². The quantitative estimate of drug-likeness (QED) is 0.298. The van der Waals surface area contributed by atoms with E-state index in [4.69, 9.17) is 0 Å². The van der Waals surface area contributed by atoms with Gasteiger partial charge >= 0.3 is 0 Å². The Morgan fingerprint density at radius 2 is 1.92 bits per heavy atom. The third-order valence-electron chi connectivity index (χ3n) is 5.55. The molecule has 0 spiro atoms. The highest BCUT2D eigenvalue weighted by Crippen LogP contribution is 2.18. The molecule has 0 saturated carbocycles. The summed E-state index contributed by atoms with van der Waals surface area (Å²) in [6.45, 7) is 7.09. The van der Waals surface area contributed by atoms with Crippen molar-refractivity contribution in [1.82, 2.24) is 19.7 Å². The minimum absolute atomic E-state index is 0.0332. The first-order valence-corrected chi connectivity index (χ1v) is 11.9. The first-order chi connectivity index (χ1) is 17.5. The van der Waals surface area contributed by atoms with Gasteiger partial charge in [-0.2, -0.15) is 9.78 Å². The molecule has 36 heavy (non-hydrogen) atoms. The topological polar surface area (TPSA) is 68.9 Å². The minimum Gasteiger partial charge on any atom is -0.386 e. The third kappa shape index (κ3) is 7.37. The predicted molar refractivity (Wildman–Crippen MR) is 142 cm³/mol. The van der Waals surface area contributed by atoms with Gasteiger partial charge in [-0.15, -0.1) is 0 Å². The number of nitrogens with zero attached hydrogens (tertiary/aromatic N) is 3. The average molecular weight is 487 g/mol. The van der Waals surface area contributed by atoms with Crippen LogP contribution < -0.4 is 10.9 Å². The van der Waals surface area contributed by atoms with Gasteiger partial charge in [0.05, 0.1) is 11.3 Å². The summed E-state index contributed by atoms with van der Waals surface area (Å²) in [5.41, 5.74) is 1.26. The van der Waals surface area contributed by atoms with E-state index in [9.17, 15) is 14.0 Å². The maximum absolute atomic E-state index is 14.4. The molecule has 0 aromatic heterocycles. The average Bonchev–Trinajstić information content (AvgIpc) is 3.17. The molecule has 6 nitrogen and oxygen atoms in total. The van der Waals surface area contributed by atoms with Gasteiger partial charge < -0.3 is 14.7 Å². The molecule has 1 unspecified atom stereocenters. The molecule has 2 aliphatic heterocycles. The number of para-hydroxylation sites is 1. The van der Waals surface area contributed by atoms with Gasteiger partial charge in [0.2, 0.25) is 0 Å². The number of fused-ring (bicyclic) bond motifs is 1. The lowest BCUT2D eigenvalue weighted by Crippen LogP contribution is -2.20. The Balaban J connectivity index is 1.91. The third-order valence-corrected chi connectivity index (χ3v) is 5.55. The summed E-state index contributed by atoms with van der Waals surface area (Å²) >= 11 is 0. The van der Waals surface area contributed by atoms with Crippen LogP contribution in [0.3, 0.4) is 0 Å². The number of halogens is 1. The van der Waals surface area contributed by atoms with Crippen molar-refractivity contribution >= 4 is 6.29 Å². The maximum Gasteiger partial charge on any atom is 0.282 e. The van der Waals surface area contributed by atoms with Gasteiger partial charge in [-0.25, -0.2) is 4.39 Å². The smallest absolute Gasteiger partial charge is 0.282 e. The van der Waals surface area contributed by atoms with Gasteiger partial charge in [0.1, 0.15) is 17.8 Å². The summed E-state index contributed by atoms with van der Waals surface area (Å²) in [5.74, 6) is -0.494. The molecule has 1 aromatic rings. The molecule has 0 amide bonds. The Hall–Kier alpha value is -4.26. The van der Waals surface area contributed by atoms with Crippen molar-refractivity contribution in [3.8, 4) is 16.9 Å². The first-order valence-electron chi connectivity index (χ1n) is 11.9. The molecule has 2 aliphatic rings. The highest BCUT2D eigenvalue weighted by molar-refractivity contribution is 5.58. The number of carbonyl (C=O) groups is 1. The fourth-order valence-corrected chi connectivity index (χ4v) is 3.72. The molecule has 186 valence electrons. The van der Waals surface area contributed by atoms with Gasteiger partial charge in [-0.3, -0.25) is 4.79 Å². The molecule has 0 saturated heterocycles. The predicted octanol–water partition coefficient (Wildman–Crippen LogP) is 5.23. The minimum atomic E-state index is -0.527. The molecule has 0 aliphatic carbocycles. The lowest BCUT2D eigenvalue weighted by molar-refractivity contribution is -0.108.